The van der Waals surface area contributed by atoms with E-state index in [2.05, 4.69) is 0 Å². The van der Waals surface area contributed by atoms with Gasteiger partial charge in [0.15, 0.2) is 6.61 Å². The summed E-state index contributed by atoms with van der Waals surface area (Å²) in [6, 6.07) is 13.0. The first-order valence-corrected chi connectivity index (χ1v) is 11.5. The van der Waals surface area contributed by atoms with E-state index in [1.807, 2.05) is 25.1 Å². The van der Waals surface area contributed by atoms with Crippen LogP contribution in [0.25, 0.3) is 0 Å². The third-order valence-corrected chi connectivity index (χ3v) is 7.48. The number of anilines is 1. The van der Waals surface area contributed by atoms with E-state index < -0.39 is 16.0 Å². The number of benzene rings is 2. The summed E-state index contributed by atoms with van der Waals surface area (Å²) in [5.41, 5.74) is 1.74. The number of esters is 1. The van der Waals surface area contributed by atoms with Gasteiger partial charge >= 0.3 is 5.97 Å². The molecule has 0 bridgehead atoms. The van der Waals surface area contributed by atoms with Crippen molar-refractivity contribution in [1.82, 2.24) is 4.90 Å². The number of ether oxygens (including phenoxy) is 1. The number of rotatable bonds is 5. The van der Waals surface area contributed by atoms with E-state index in [1.54, 1.807) is 11.0 Å². The number of para-hydroxylation sites is 1. The molecule has 4 rings (SSSR count). The number of hydrogen-bond acceptors (Lipinski definition) is 5. The molecule has 0 aromatic heterocycles. The van der Waals surface area contributed by atoms with Crippen LogP contribution in [0.5, 0.6) is 0 Å². The molecule has 1 unspecified atom stereocenters. The molecule has 8 heteroatoms. The molecule has 0 saturated carbocycles. The monoisotopic (exact) mass is 428 g/mol. The van der Waals surface area contributed by atoms with Crippen molar-refractivity contribution in [3.8, 4) is 0 Å². The van der Waals surface area contributed by atoms with Gasteiger partial charge in [0, 0.05) is 19.1 Å². The average molecular weight is 429 g/mol. The molecule has 30 heavy (non-hydrogen) atoms. The molecule has 1 fully saturated rings. The molecule has 0 spiro atoms. The molecule has 2 aromatic rings. The summed E-state index contributed by atoms with van der Waals surface area (Å²) in [5.74, 6) is -0.943. The topological polar surface area (TPSA) is 84.0 Å². The first-order chi connectivity index (χ1) is 14.4. The molecular weight excluding hydrogens is 404 g/mol. The highest BCUT2D eigenvalue weighted by atomic mass is 32.2. The highest BCUT2D eigenvalue weighted by molar-refractivity contribution is 7.92. The fourth-order valence-corrected chi connectivity index (χ4v) is 5.81. The Hall–Kier alpha value is -2.87. The molecule has 0 N–H and O–H groups in total. The van der Waals surface area contributed by atoms with Crippen molar-refractivity contribution in [1.29, 1.82) is 0 Å². The molecule has 0 radical (unpaired) electrons. The molecule has 0 aliphatic carbocycles. The summed E-state index contributed by atoms with van der Waals surface area (Å²) in [4.78, 5) is 26.2. The van der Waals surface area contributed by atoms with Gasteiger partial charge in [0.25, 0.3) is 15.9 Å². The van der Waals surface area contributed by atoms with Gasteiger partial charge in [0.2, 0.25) is 0 Å². The normalized spacial score (nSPS) is 18.4. The van der Waals surface area contributed by atoms with E-state index in [-0.39, 0.29) is 29.0 Å². The van der Waals surface area contributed by atoms with Crippen LogP contribution in [-0.2, 0) is 26.0 Å². The van der Waals surface area contributed by atoms with Crippen molar-refractivity contribution in [3.05, 3.63) is 59.7 Å². The van der Waals surface area contributed by atoms with Gasteiger partial charge in [0.05, 0.1) is 16.1 Å². The predicted molar refractivity (Wildman–Crippen MR) is 112 cm³/mol. The fourth-order valence-electron chi connectivity index (χ4n) is 4.07. The lowest BCUT2D eigenvalue weighted by Crippen LogP contribution is -2.35. The minimum absolute atomic E-state index is 0.0198. The van der Waals surface area contributed by atoms with E-state index in [4.69, 9.17) is 4.74 Å². The summed E-state index contributed by atoms with van der Waals surface area (Å²) in [6.45, 7) is 2.88. The number of sulfonamides is 1. The van der Waals surface area contributed by atoms with Crippen LogP contribution in [0.1, 0.15) is 35.7 Å². The van der Waals surface area contributed by atoms with Crippen LogP contribution in [0.4, 0.5) is 5.69 Å². The number of likely N-dealkylation sites (tertiary alicyclic amines) is 1. The zero-order valence-electron chi connectivity index (χ0n) is 16.8. The maximum absolute atomic E-state index is 13.3. The molecule has 2 aromatic carbocycles. The standard InChI is InChI=1S/C22H24N2O5S/c1-16-13-17-7-2-3-10-20(17)24(16)30(27,28)19-9-6-8-18(14-19)22(26)29-15-21(25)23-11-4-5-12-23/h2-3,6-10,14,16H,4-5,11-13,15H2,1H3. The first kappa shape index (κ1) is 20.4. The Bertz CT molecular complexity index is 1080. The van der Waals surface area contributed by atoms with Crippen LogP contribution in [-0.4, -0.2) is 50.9 Å². The van der Waals surface area contributed by atoms with E-state index in [1.165, 1.54) is 28.6 Å². The van der Waals surface area contributed by atoms with E-state index in [0.29, 0.717) is 25.2 Å². The van der Waals surface area contributed by atoms with Gasteiger partial charge in [0.1, 0.15) is 0 Å². The van der Waals surface area contributed by atoms with Crippen LogP contribution >= 0.6 is 0 Å². The number of hydrogen-bond donors (Lipinski definition) is 0. The largest absolute Gasteiger partial charge is 0.452 e. The van der Waals surface area contributed by atoms with Gasteiger partial charge < -0.3 is 9.64 Å². The van der Waals surface area contributed by atoms with E-state index in [9.17, 15) is 18.0 Å². The summed E-state index contributed by atoms with van der Waals surface area (Å²) in [5, 5.41) is 0. The lowest BCUT2D eigenvalue weighted by molar-refractivity contribution is -0.133. The lowest BCUT2D eigenvalue weighted by Gasteiger charge is -2.24. The zero-order valence-corrected chi connectivity index (χ0v) is 17.6. The third kappa shape index (κ3) is 3.79. The Balaban J connectivity index is 1.52. The van der Waals surface area contributed by atoms with Crippen LogP contribution in [0.15, 0.2) is 53.4 Å². The van der Waals surface area contributed by atoms with Gasteiger partial charge in [-0.25, -0.2) is 13.2 Å². The van der Waals surface area contributed by atoms with Gasteiger partial charge in [-0.05, 0) is 56.0 Å². The van der Waals surface area contributed by atoms with E-state index in [0.717, 1.165) is 18.4 Å². The highest BCUT2D eigenvalue weighted by Gasteiger charge is 2.36. The smallest absolute Gasteiger partial charge is 0.338 e. The Morgan fingerprint density at radius 2 is 1.80 bits per heavy atom. The SMILES string of the molecule is CC1Cc2ccccc2N1S(=O)(=O)c1cccc(C(=O)OCC(=O)N2CCCC2)c1. The van der Waals surface area contributed by atoms with Gasteiger partial charge in [-0.3, -0.25) is 9.10 Å². The van der Waals surface area contributed by atoms with Crippen LogP contribution in [0.2, 0.25) is 0 Å². The van der Waals surface area contributed by atoms with Crippen LogP contribution in [0.3, 0.4) is 0 Å². The first-order valence-electron chi connectivity index (χ1n) is 10.1. The molecule has 1 saturated heterocycles. The summed E-state index contributed by atoms with van der Waals surface area (Å²) in [6.07, 6.45) is 2.55. The van der Waals surface area contributed by atoms with Gasteiger partial charge in [-0.15, -0.1) is 0 Å². The molecule has 7 nitrogen and oxygen atoms in total. The predicted octanol–water partition coefficient (Wildman–Crippen LogP) is 2.61. The molecule has 1 amide bonds. The number of nitrogens with zero attached hydrogens (tertiary/aromatic N) is 2. The maximum Gasteiger partial charge on any atom is 0.338 e. The maximum atomic E-state index is 13.3. The number of carbonyl (C=O) groups is 2. The summed E-state index contributed by atoms with van der Waals surface area (Å²) < 4.78 is 33.2. The van der Waals surface area contributed by atoms with Crippen molar-refractivity contribution in [2.75, 3.05) is 24.0 Å². The second kappa shape index (κ2) is 8.10. The van der Waals surface area contributed by atoms with Crippen molar-refractivity contribution >= 4 is 27.6 Å². The lowest BCUT2D eigenvalue weighted by atomic mass is 10.1. The van der Waals surface area contributed by atoms with Gasteiger partial charge in [-0.1, -0.05) is 24.3 Å². The van der Waals surface area contributed by atoms with Gasteiger partial charge in [-0.2, -0.15) is 0 Å². The van der Waals surface area contributed by atoms with Crippen molar-refractivity contribution in [3.63, 3.8) is 0 Å². The van der Waals surface area contributed by atoms with E-state index >= 15 is 0 Å². The van der Waals surface area contributed by atoms with Crippen molar-refractivity contribution < 1.29 is 22.7 Å². The molecular formula is C22H24N2O5S. The quantitative estimate of drug-likeness (QED) is 0.684. The van der Waals surface area contributed by atoms with Crippen LogP contribution < -0.4 is 4.31 Å². The highest BCUT2D eigenvalue weighted by Crippen LogP contribution is 2.36. The van der Waals surface area contributed by atoms with Crippen molar-refractivity contribution in [2.45, 2.75) is 37.1 Å². The van der Waals surface area contributed by atoms with Crippen molar-refractivity contribution in [2.24, 2.45) is 0 Å². The Labute approximate surface area is 176 Å². The third-order valence-electron chi connectivity index (χ3n) is 5.56. The van der Waals surface area contributed by atoms with Crippen LogP contribution in [0, 0.1) is 0 Å². The molecule has 2 heterocycles. The Morgan fingerprint density at radius 1 is 1.07 bits per heavy atom. The summed E-state index contributed by atoms with van der Waals surface area (Å²) in [7, 11) is -3.85. The fraction of sp³-hybridized carbons (Fsp3) is 0.364. The second-order valence-corrected chi connectivity index (χ2v) is 9.49. The molecule has 2 aliphatic heterocycles. The Morgan fingerprint density at radius 3 is 2.57 bits per heavy atom. The number of amides is 1. The average Bonchev–Trinajstić information content (AvgIpc) is 3.39. The molecule has 1 atom stereocenters. The Kier molecular flexibility index (Phi) is 5.51. The minimum Gasteiger partial charge on any atom is -0.452 e. The molecule has 2 aliphatic rings. The zero-order chi connectivity index (χ0) is 21.3. The minimum atomic E-state index is -3.85. The second-order valence-electron chi connectivity index (χ2n) is 7.67. The summed E-state index contributed by atoms with van der Waals surface area (Å²) >= 11 is 0. The number of carbonyl (C=O) groups excluding carboxylic acids is 2. The molecule has 158 valence electrons. The number of fused-ring (bicyclic) bond motifs is 1.